The average molecular weight is 220 g/mol. The molecule has 0 atom stereocenters. The SMILES string of the molecule is CNCC=Cc1cc(N)cc(C(=O)OC)c1. The van der Waals surface area contributed by atoms with Crippen molar-refractivity contribution in [3.63, 3.8) is 0 Å². The number of carbonyl (C=O) groups excluding carboxylic acids is 1. The second kappa shape index (κ2) is 5.92. The van der Waals surface area contributed by atoms with Crippen molar-refractivity contribution in [3.05, 3.63) is 35.4 Å². The van der Waals surface area contributed by atoms with Gasteiger partial charge in [-0.1, -0.05) is 12.2 Å². The summed E-state index contributed by atoms with van der Waals surface area (Å²) in [7, 11) is 3.21. The van der Waals surface area contributed by atoms with Crippen molar-refractivity contribution in [2.45, 2.75) is 0 Å². The first kappa shape index (κ1) is 12.3. The van der Waals surface area contributed by atoms with E-state index >= 15 is 0 Å². The molecular formula is C12H16N2O2. The molecular weight excluding hydrogens is 204 g/mol. The van der Waals surface area contributed by atoms with Crippen LogP contribution in [0.1, 0.15) is 15.9 Å². The van der Waals surface area contributed by atoms with Gasteiger partial charge in [0.05, 0.1) is 12.7 Å². The molecule has 0 saturated heterocycles. The van der Waals surface area contributed by atoms with Gasteiger partial charge >= 0.3 is 5.97 Å². The van der Waals surface area contributed by atoms with Gasteiger partial charge in [0.15, 0.2) is 0 Å². The highest BCUT2D eigenvalue weighted by Gasteiger charge is 2.06. The van der Waals surface area contributed by atoms with Crippen LogP contribution in [0.25, 0.3) is 6.08 Å². The molecule has 1 aromatic carbocycles. The van der Waals surface area contributed by atoms with Gasteiger partial charge in [0, 0.05) is 12.2 Å². The highest BCUT2D eigenvalue weighted by molar-refractivity contribution is 5.91. The summed E-state index contributed by atoms with van der Waals surface area (Å²) >= 11 is 0. The largest absolute Gasteiger partial charge is 0.465 e. The number of esters is 1. The van der Waals surface area contributed by atoms with Crippen molar-refractivity contribution in [2.24, 2.45) is 0 Å². The van der Waals surface area contributed by atoms with E-state index in [1.54, 1.807) is 18.2 Å². The van der Waals surface area contributed by atoms with Crippen LogP contribution in [-0.4, -0.2) is 26.7 Å². The Morgan fingerprint density at radius 1 is 1.50 bits per heavy atom. The zero-order valence-corrected chi connectivity index (χ0v) is 9.49. The Labute approximate surface area is 95.1 Å². The maximum absolute atomic E-state index is 11.3. The number of benzene rings is 1. The maximum atomic E-state index is 11.3. The molecule has 0 spiro atoms. The van der Waals surface area contributed by atoms with Crippen molar-refractivity contribution >= 4 is 17.7 Å². The van der Waals surface area contributed by atoms with Crippen LogP contribution in [0.3, 0.4) is 0 Å². The molecule has 0 aliphatic heterocycles. The number of ether oxygens (including phenoxy) is 1. The van der Waals surface area contributed by atoms with Gasteiger partial charge in [-0.2, -0.15) is 0 Å². The number of nitrogen functional groups attached to an aromatic ring is 1. The van der Waals surface area contributed by atoms with Gasteiger partial charge < -0.3 is 15.8 Å². The lowest BCUT2D eigenvalue weighted by Crippen LogP contribution is -2.04. The van der Waals surface area contributed by atoms with E-state index in [4.69, 9.17) is 5.73 Å². The molecule has 0 fully saturated rings. The molecule has 16 heavy (non-hydrogen) atoms. The van der Waals surface area contributed by atoms with E-state index in [0.717, 1.165) is 12.1 Å². The molecule has 3 N–H and O–H groups in total. The number of methoxy groups -OCH3 is 1. The lowest BCUT2D eigenvalue weighted by atomic mass is 10.1. The summed E-state index contributed by atoms with van der Waals surface area (Å²) in [6.07, 6.45) is 3.86. The van der Waals surface area contributed by atoms with E-state index < -0.39 is 0 Å². The summed E-state index contributed by atoms with van der Waals surface area (Å²) in [5, 5.41) is 2.99. The smallest absolute Gasteiger partial charge is 0.337 e. The minimum atomic E-state index is -0.379. The Morgan fingerprint density at radius 3 is 2.88 bits per heavy atom. The van der Waals surface area contributed by atoms with Gasteiger partial charge in [0.25, 0.3) is 0 Å². The molecule has 4 nitrogen and oxygen atoms in total. The Morgan fingerprint density at radius 2 is 2.25 bits per heavy atom. The lowest BCUT2D eigenvalue weighted by Gasteiger charge is -2.03. The van der Waals surface area contributed by atoms with E-state index in [1.807, 2.05) is 19.2 Å². The van der Waals surface area contributed by atoms with Gasteiger partial charge in [0.2, 0.25) is 0 Å². The monoisotopic (exact) mass is 220 g/mol. The van der Waals surface area contributed by atoms with Gasteiger partial charge in [-0.15, -0.1) is 0 Å². The molecule has 4 heteroatoms. The molecule has 0 bridgehead atoms. The fraction of sp³-hybridized carbons (Fsp3) is 0.250. The Hall–Kier alpha value is -1.81. The van der Waals surface area contributed by atoms with Crippen LogP contribution in [0.2, 0.25) is 0 Å². The Kier molecular flexibility index (Phi) is 4.54. The van der Waals surface area contributed by atoms with Crippen LogP contribution < -0.4 is 11.1 Å². The third kappa shape index (κ3) is 3.40. The topological polar surface area (TPSA) is 64.3 Å². The maximum Gasteiger partial charge on any atom is 0.337 e. The summed E-state index contributed by atoms with van der Waals surface area (Å²) in [5.41, 5.74) is 7.60. The Bertz CT molecular complexity index is 400. The van der Waals surface area contributed by atoms with E-state index in [9.17, 15) is 4.79 Å². The van der Waals surface area contributed by atoms with Crippen LogP contribution in [0.4, 0.5) is 5.69 Å². The van der Waals surface area contributed by atoms with Crippen LogP contribution in [0.5, 0.6) is 0 Å². The fourth-order valence-electron chi connectivity index (χ4n) is 1.32. The number of nitrogens with one attached hydrogen (secondary N) is 1. The van der Waals surface area contributed by atoms with E-state index in [2.05, 4.69) is 10.1 Å². The van der Waals surface area contributed by atoms with Gasteiger partial charge in [-0.25, -0.2) is 4.79 Å². The van der Waals surface area contributed by atoms with Crippen molar-refractivity contribution < 1.29 is 9.53 Å². The number of hydrogen-bond acceptors (Lipinski definition) is 4. The predicted octanol–water partition coefficient (Wildman–Crippen LogP) is 1.29. The molecule has 0 saturated carbocycles. The number of nitrogens with two attached hydrogens (primary N) is 1. The second-order valence-electron chi connectivity index (χ2n) is 3.34. The third-order valence-corrected chi connectivity index (χ3v) is 2.03. The second-order valence-corrected chi connectivity index (χ2v) is 3.34. The number of likely N-dealkylation sites (N-methyl/N-ethyl adjacent to an activating group) is 1. The summed E-state index contributed by atoms with van der Waals surface area (Å²) in [6.45, 7) is 0.766. The van der Waals surface area contributed by atoms with Crippen LogP contribution >= 0.6 is 0 Å². The van der Waals surface area contributed by atoms with Crippen molar-refractivity contribution in [1.82, 2.24) is 5.32 Å². The van der Waals surface area contributed by atoms with Crippen molar-refractivity contribution in [1.29, 1.82) is 0 Å². The van der Waals surface area contributed by atoms with Gasteiger partial charge in [0.1, 0.15) is 0 Å². The molecule has 0 aliphatic carbocycles. The third-order valence-electron chi connectivity index (χ3n) is 2.03. The average Bonchev–Trinajstić information content (AvgIpc) is 2.27. The highest BCUT2D eigenvalue weighted by atomic mass is 16.5. The molecule has 0 heterocycles. The fourth-order valence-corrected chi connectivity index (χ4v) is 1.32. The van der Waals surface area contributed by atoms with Crippen molar-refractivity contribution in [2.75, 3.05) is 26.4 Å². The van der Waals surface area contributed by atoms with Crippen molar-refractivity contribution in [3.8, 4) is 0 Å². The molecule has 1 aromatic rings. The summed E-state index contributed by atoms with van der Waals surface area (Å²) in [4.78, 5) is 11.3. The molecule has 86 valence electrons. The number of anilines is 1. The first-order valence-electron chi connectivity index (χ1n) is 4.97. The molecule has 0 aliphatic rings. The van der Waals surface area contributed by atoms with E-state index in [1.165, 1.54) is 7.11 Å². The highest BCUT2D eigenvalue weighted by Crippen LogP contribution is 2.14. The van der Waals surface area contributed by atoms with Gasteiger partial charge in [-0.05, 0) is 30.8 Å². The summed E-state index contributed by atoms with van der Waals surface area (Å²) < 4.78 is 4.64. The number of carbonyl (C=O) groups is 1. The summed E-state index contributed by atoms with van der Waals surface area (Å²) in [5.74, 6) is -0.379. The van der Waals surface area contributed by atoms with Gasteiger partial charge in [-0.3, -0.25) is 0 Å². The van der Waals surface area contributed by atoms with E-state index in [-0.39, 0.29) is 5.97 Å². The molecule has 1 rings (SSSR count). The molecule has 0 radical (unpaired) electrons. The Balaban J connectivity index is 2.94. The minimum absolute atomic E-state index is 0.379. The standard InChI is InChI=1S/C12H16N2O2/c1-14-5-3-4-9-6-10(12(15)16-2)8-11(13)7-9/h3-4,6-8,14H,5,13H2,1-2H3. The number of hydrogen-bond donors (Lipinski definition) is 2. The zero-order valence-electron chi connectivity index (χ0n) is 9.49. The van der Waals surface area contributed by atoms with Crippen LogP contribution in [0.15, 0.2) is 24.3 Å². The predicted molar refractivity (Wildman–Crippen MR) is 65.2 cm³/mol. The van der Waals surface area contributed by atoms with Crippen LogP contribution in [-0.2, 0) is 4.74 Å². The normalized spacial score (nSPS) is 10.6. The molecule has 0 aromatic heterocycles. The quantitative estimate of drug-likeness (QED) is 0.592. The molecule has 0 unspecified atom stereocenters. The summed E-state index contributed by atoms with van der Waals surface area (Å²) in [6, 6.07) is 5.15. The lowest BCUT2D eigenvalue weighted by molar-refractivity contribution is 0.0601. The zero-order chi connectivity index (χ0) is 12.0. The van der Waals surface area contributed by atoms with E-state index in [0.29, 0.717) is 11.3 Å². The number of rotatable bonds is 4. The minimum Gasteiger partial charge on any atom is -0.465 e. The first-order valence-corrected chi connectivity index (χ1v) is 4.97. The molecule has 0 amide bonds. The van der Waals surface area contributed by atoms with Crippen LogP contribution in [0, 0.1) is 0 Å². The first-order chi connectivity index (χ1) is 7.67.